The first-order valence-electron chi connectivity index (χ1n) is 25.5. The zero-order valence-electron chi connectivity index (χ0n) is 44.5. The molecule has 1 aliphatic heterocycles. The highest BCUT2D eigenvalue weighted by Gasteiger charge is 2.32. The maximum absolute atomic E-state index is 12.5. The van der Waals surface area contributed by atoms with Gasteiger partial charge in [-0.25, -0.2) is 23.0 Å². The quantitative estimate of drug-likeness (QED) is 0.0457. The number of fused-ring (bicyclic) bond motifs is 1. The molecule has 1 aromatic carbocycles. The Kier molecular flexibility index (Phi) is 32.5. The number of thiazole rings is 1. The topological polar surface area (TPSA) is 307 Å². The van der Waals surface area contributed by atoms with Gasteiger partial charge in [-0.2, -0.15) is 0 Å². The summed E-state index contributed by atoms with van der Waals surface area (Å²) in [5, 5.41) is 6.68. The molecule has 0 unspecified atom stereocenters. The monoisotopic (exact) mass is 1130 g/mol. The molecular formula is C51H74N4O20S2. The van der Waals surface area contributed by atoms with Crippen molar-refractivity contribution in [1.29, 1.82) is 0 Å². The molecular weight excluding hydrogens is 1050 g/mol. The molecule has 0 spiro atoms. The number of rotatable bonds is 41. The Morgan fingerprint density at radius 1 is 0.675 bits per heavy atom. The van der Waals surface area contributed by atoms with Crippen LogP contribution in [0.1, 0.15) is 94.9 Å². The highest BCUT2D eigenvalue weighted by atomic mass is 32.2. The second-order valence-electron chi connectivity index (χ2n) is 17.3. The van der Waals surface area contributed by atoms with Crippen LogP contribution in [0.4, 0.5) is 5.13 Å². The molecule has 0 saturated carbocycles. The zero-order chi connectivity index (χ0) is 56.3. The number of amides is 4. The SMILES string of the molecule is CC(=O)CCCCOCCOCCOCCCCC(=O)CCCS(=O)(=O)c1nc(NC(C)=O)sc1C.Cc1cc2ccc(OCC(=O)NCCOCCOCCOCCOCCC(=O)ON3C(=O)CCC3=O)cc2oc1=O. The minimum absolute atomic E-state index is 0.0292. The number of aryl methyl sites for hydroxylation is 2. The maximum Gasteiger partial charge on any atom is 0.339 e. The van der Waals surface area contributed by atoms with Crippen LogP contribution in [0.5, 0.6) is 5.75 Å². The van der Waals surface area contributed by atoms with E-state index in [4.69, 9.17) is 47.1 Å². The van der Waals surface area contributed by atoms with Crippen LogP contribution in [0.15, 0.2) is 38.5 Å². The lowest BCUT2D eigenvalue weighted by Crippen LogP contribution is -2.32. The average Bonchev–Trinajstić information content (AvgIpc) is 3.91. The molecule has 2 aromatic heterocycles. The summed E-state index contributed by atoms with van der Waals surface area (Å²) in [7, 11) is -3.61. The molecule has 0 radical (unpaired) electrons. The highest BCUT2D eigenvalue weighted by Crippen LogP contribution is 2.27. The van der Waals surface area contributed by atoms with Gasteiger partial charge in [-0.05, 0) is 71.1 Å². The predicted molar refractivity (Wildman–Crippen MR) is 279 cm³/mol. The molecule has 2 N–H and O–H groups in total. The van der Waals surface area contributed by atoms with Crippen LogP contribution in [0.25, 0.3) is 11.0 Å². The third-order valence-corrected chi connectivity index (χ3v) is 13.4. The number of aromatic nitrogens is 1. The van der Waals surface area contributed by atoms with Crippen LogP contribution in [-0.2, 0) is 81.4 Å². The number of unbranched alkanes of at least 4 members (excludes halogenated alkanes) is 2. The fourth-order valence-electron chi connectivity index (χ4n) is 6.67. The van der Waals surface area contributed by atoms with Crippen molar-refractivity contribution in [3.05, 3.63) is 45.1 Å². The van der Waals surface area contributed by atoms with E-state index in [9.17, 15) is 46.8 Å². The van der Waals surface area contributed by atoms with Gasteiger partial charge in [0.05, 0.1) is 91.5 Å². The predicted octanol–water partition coefficient (Wildman–Crippen LogP) is 4.17. The van der Waals surface area contributed by atoms with Crippen molar-refractivity contribution in [2.45, 2.75) is 103 Å². The number of hydrogen-bond donors (Lipinski definition) is 2. The molecule has 26 heteroatoms. The van der Waals surface area contributed by atoms with E-state index in [1.54, 1.807) is 45.0 Å². The molecule has 4 amide bonds. The molecule has 24 nitrogen and oxygen atoms in total. The number of ketones is 2. The van der Waals surface area contributed by atoms with Crippen molar-refractivity contribution in [1.82, 2.24) is 15.4 Å². The van der Waals surface area contributed by atoms with Crippen molar-refractivity contribution < 1.29 is 89.1 Å². The van der Waals surface area contributed by atoms with E-state index in [0.29, 0.717) is 132 Å². The molecule has 0 atom stereocenters. The summed E-state index contributed by atoms with van der Waals surface area (Å²) in [5.74, 6) is -1.89. The second-order valence-corrected chi connectivity index (χ2v) is 20.5. The van der Waals surface area contributed by atoms with E-state index >= 15 is 0 Å². The van der Waals surface area contributed by atoms with Crippen LogP contribution in [0.3, 0.4) is 0 Å². The van der Waals surface area contributed by atoms with E-state index in [-0.39, 0.29) is 91.2 Å². The summed E-state index contributed by atoms with van der Waals surface area (Å²) in [6.07, 6.45) is 4.61. The van der Waals surface area contributed by atoms with Gasteiger partial charge in [-0.1, -0.05) is 0 Å². The summed E-state index contributed by atoms with van der Waals surface area (Å²) in [5.41, 5.74) is 0.491. The maximum atomic E-state index is 12.5. The molecule has 1 saturated heterocycles. The number of ether oxygens (including phenoxy) is 8. The van der Waals surface area contributed by atoms with Crippen LogP contribution in [0.2, 0.25) is 0 Å². The molecule has 430 valence electrons. The van der Waals surface area contributed by atoms with Gasteiger partial charge in [-0.15, -0.1) is 16.4 Å². The number of benzene rings is 1. The van der Waals surface area contributed by atoms with Gasteiger partial charge >= 0.3 is 11.6 Å². The van der Waals surface area contributed by atoms with Crippen LogP contribution < -0.4 is 21.0 Å². The molecule has 4 rings (SSSR count). The van der Waals surface area contributed by atoms with Crippen LogP contribution in [-0.4, -0.2) is 171 Å². The van der Waals surface area contributed by atoms with Gasteiger partial charge < -0.3 is 62.6 Å². The Bertz CT molecular complexity index is 2480. The minimum atomic E-state index is -3.61. The van der Waals surface area contributed by atoms with Gasteiger partial charge in [0, 0.05) is 80.7 Å². The van der Waals surface area contributed by atoms with E-state index in [2.05, 4.69) is 15.6 Å². The Hall–Kier alpha value is -5.58. The number of hydrogen-bond acceptors (Lipinski definition) is 22. The first-order chi connectivity index (χ1) is 36.9. The van der Waals surface area contributed by atoms with Crippen molar-refractivity contribution in [3.63, 3.8) is 0 Å². The fourth-order valence-corrected chi connectivity index (χ4v) is 9.38. The molecule has 77 heavy (non-hydrogen) atoms. The van der Waals surface area contributed by atoms with E-state index in [0.717, 1.165) is 36.0 Å². The summed E-state index contributed by atoms with van der Waals surface area (Å²) in [6, 6.07) is 6.76. The third-order valence-electron chi connectivity index (χ3n) is 10.6. The van der Waals surface area contributed by atoms with Crippen molar-refractivity contribution in [2.24, 2.45) is 0 Å². The van der Waals surface area contributed by atoms with Gasteiger partial charge in [0.2, 0.25) is 5.91 Å². The molecule has 3 heterocycles. The lowest BCUT2D eigenvalue weighted by atomic mass is 10.1. The molecule has 1 aliphatic rings. The number of nitrogens with one attached hydrogen (secondary N) is 2. The Labute approximate surface area is 452 Å². The standard InChI is InChI=1S/C27H34N2O12.C24H40N2O8S2/c1-19-16-20-2-3-21(17-22(20)40-27(19)34)39-18-23(30)28-7-9-36-11-13-38-15-14-37-12-10-35-8-6-26(33)41-29-24(31)4-5-25(29)32;1-19(27)9-4-6-12-32-14-16-34-17-15-33-13-7-5-10-22(29)11-8-18-36(30,31)23-20(2)35-24(26-23)25-21(3)28/h2-3,16-17H,4-15,18H2,1H3,(H,28,30);4-18H2,1-3H3,(H,25,26,28). The number of carbonyl (C=O) groups excluding carboxylic acids is 7. The first-order valence-corrected chi connectivity index (χ1v) is 28.0. The number of nitrogens with zero attached hydrogens (tertiary/aromatic N) is 2. The molecule has 3 aromatic rings. The van der Waals surface area contributed by atoms with Crippen LogP contribution in [0, 0.1) is 13.8 Å². The third kappa shape index (κ3) is 29.1. The van der Waals surface area contributed by atoms with Crippen LogP contribution >= 0.6 is 11.3 Å². The zero-order valence-corrected chi connectivity index (χ0v) is 46.1. The van der Waals surface area contributed by atoms with E-state index < -0.39 is 33.2 Å². The number of hydroxylamine groups is 2. The normalized spacial score (nSPS) is 12.4. The summed E-state index contributed by atoms with van der Waals surface area (Å²) >= 11 is 1.11. The minimum Gasteiger partial charge on any atom is -0.484 e. The number of carbonyl (C=O) groups is 7. The number of sulfone groups is 1. The number of anilines is 1. The van der Waals surface area contributed by atoms with Gasteiger partial charge in [0.1, 0.15) is 22.9 Å². The van der Waals surface area contributed by atoms with Gasteiger partial charge in [-0.3, -0.25) is 24.0 Å². The average molecular weight is 1130 g/mol. The number of imide groups is 1. The summed E-state index contributed by atoms with van der Waals surface area (Å²) < 4.78 is 73.5. The van der Waals surface area contributed by atoms with Gasteiger partial charge in [0.25, 0.3) is 17.7 Å². The summed E-state index contributed by atoms with van der Waals surface area (Å²) in [6.45, 7) is 11.9. The van der Waals surface area contributed by atoms with Gasteiger partial charge in [0.15, 0.2) is 26.6 Å². The van der Waals surface area contributed by atoms with Crippen molar-refractivity contribution >= 4 is 78.4 Å². The first kappa shape index (κ1) is 65.7. The Morgan fingerprint density at radius 2 is 1.22 bits per heavy atom. The largest absolute Gasteiger partial charge is 0.484 e. The lowest BCUT2D eigenvalue weighted by Gasteiger charge is -2.12. The smallest absolute Gasteiger partial charge is 0.339 e. The van der Waals surface area contributed by atoms with Crippen molar-refractivity contribution in [2.75, 3.05) is 117 Å². The molecule has 1 fully saturated rings. The number of Topliss-reactive ketones (excluding diaryl/α,β-unsaturated/α-hetero) is 2. The lowest BCUT2D eigenvalue weighted by molar-refractivity contribution is -0.198. The molecule has 0 bridgehead atoms. The molecule has 0 aliphatic carbocycles. The van der Waals surface area contributed by atoms with Crippen molar-refractivity contribution in [3.8, 4) is 5.75 Å². The second kappa shape index (κ2) is 38.1. The highest BCUT2D eigenvalue weighted by molar-refractivity contribution is 7.91. The Morgan fingerprint density at radius 3 is 1.81 bits per heavy atom. The van der Waals surface area contributed by atoms with E-state index in [1.165, 1.54) is 6.92 Å². The fraction of sp³-hybridized carbons (Fsp3) is 0.627. The van der Waals surface area contributed by atoms with E-state index in [1.807, 2.05) is 0 Å². The summed E-state index contributed by atoms with van der Waals surface area (Å²) in [4.78, 5) is 101. The Balaban J connectivity index is 0.000000409.